The predicted molar refractivity (Wildman–Crippen MR) is 90.5 cm³/mol. The summed E-state index contributed by atoms with van der Waals surface area (Å²) in [6, 6.07) is 2.20. The first-order valence-corrected chi connectivity index (χ1v) is 9.29. The number of ether oxygens (including phenoxy) is 1. The number of fused-ring (bicyclic) bond motifs is 1. The maximum absolute atomic E-state index is 5.50. The van der Waals surface area contributed by atoms with Gasteiger partial charge in [-0.1, -0.05) is 5.21 Å². The van der Waals surface area contributed by atoms with Gasteiger partial charge in [-0.3, -0.25) is 4.90 Å². The summed E-state index contributed by atoms with van der Waals surface area (Å²) in [7, 11) is 1.79. The van der Waals surface area contributed by atoms with Crippen molar-refractivity contribution in [3.63, 3.8) is 0 Å². The first-order chi connectivity index (χ1) is 11.2. The van der Waals surface area contributed by atoms with Gasteiger partial charge in [0.1, 0.15) is 5.69 Å². The molecule has 5 nitrogen and oxygen atoms in total. The summed E-state index contributed by atoms with van der Waals surface area (Å²) in [6.07, 6.45) is 2.68. The van der Waals surface area contributed by atoms with E-state index >= 15 is 0 Å². The van der Waals surface area contributed by atoms with Gasteiger partial charge in [0.2, 0.25) is 0 Å². The van der Waals surface area contributed by atoms with Gasteiger partial charge in [-0.05, 0) is 42.7 Å². The molecule has 2 aliphatic rings. The van der Waals surface area contributed by atoms with E-state index in [9.17, 15) is 0 Å². The SMILES string of the molecule is COC[C@@H]1CN(Cc2sccc2C)Cc2nnn(CC3CC3)c21. The van der Waals surface area contributed by atoms with Crippen molar-refractivity contribution in [2.45, 2.75) is 45.3 Å². The molecule has 1 aliphatic carbocycles. The zero-order chi connectivity index (χ0) is 15.8. The summed E-state index contributed by atoms with van der Waals surface area (Å²) in [6.45, 7) is 6.89. The van der Waals surface area contributed by atoms with Crippen LogP contribution in [-0.4, -0.2) is 40.2 Å². The molecule has 2 aromatic heterocycles. The van der Waals surface area contributed by atoms with Crippen LogP contribution in [0.4, 0.5) is 0 Å². The molecule has 23 heavy (non-hydrogen) atoms. The molecule has 0 saturated heterocycles. The van der Waals surface area contributed by atoms with Crippen LogP contribution >= 0.6 is 11.3 Å². The van der Waals surface area contributed by atoms with Gasteiger partial charge in [0, 0.05) is 44.1 Å². The summed E-state index contributed by atoms with van der Waals surface area (Å²) < 4.78 is 7.65. The number of rotatable bonds is 6. The van der Waals surface area contributed by atoms with Crippen LogP contribution in [0.5, 0.6) is 0 Å². The molecule has 0 unspecified atom stereocenters. The molecule has 0 radical (unpaired) electrons. The molecule has 6 heteroatoms. The lowest BCUT2D eigenvalue weighted by atomic mass is 9.98. The largest absolute Gasteiger partial charge is 0.384 e. The Morgan fingerprint density at radius 3 is 2.96 bits per heavy atom. The van der Waals surface area contributed by atoms with E-state index in [4.69, 9.17) is 4.74 Å². The van der Waals surface area contributed by atoms with Crippen LogP contribution in [0, 0.1) is 12.8 Å². The van der Waals surface area contributed by atoms with Crippen molar-refractivity contribution in [2.24, 2.45) is 5.92 Å². The molecule has 0 amide bonds. The Bertz CT molecular complexity index is 676. The van der Waals surface area contributed by atoms with E-state index in [0.29, 0.717) is 5.92 Å². The minimum atomic E-state index is 0.373. The van der Waals surface area contributed by atoms with E-state index in [1.807, 2.05) is 11.3 Å². The van der Waals surface area contributed by atoms with E-state index in [1.54, 1.807) is 7.11 Å². The number of aryl methyl sites for hydroxylation is 1. The fourth-order valence-corrected chi connectivity index (χ4v) is 4.44. The number of aromatic nitrogens is 3. The molecule has 0 aromatic carbocycles. The predicted octanol–water partition coefficient (Wildman–Crippen LogP) is 2.80. The minimum absolute atomic E-state index is 0.373. The standard InChI is InChI=1S/C17H24N4OS/c1-12-5-6-23-16(12)10-20-8-14(11-22-2)17-15(9-20)18-19-21(17)7-13-3-4-13/h5-6,13-14H,3-4,7-11H2,1-2H3/t14-/m0/s1. The van der Waals surface area contributed by atoms with Crippen molar-refractivity contribution in [2.75, 3.05) is 20.3 Å². The topological polar surface area (TPSA) is 43.2 Å². The summed E-state index contributed by atoms with van der Waals surface area (Å²) in [5, 5.41) is 11.1. The Hall–Kier alpha value is -1.24. The van der Waals surface area contributed by atoms with Gasteiger partial charge in [-0.25, -0.2) is 4.68 Å². The van der Waals surface area contributed by atoms with Crippen LogP contribution in [-0.2, 0) is 24.4 Å². The second kappa shape index (κ2) is 6.34. The highest BCUT2D eigenvalue weighted by atomic mass is 32.1. The van der Waals surface area contributed by atoms with Crippen LogP contribution in [0.2, 0.25) is 0 Å². The van der Waals surface area contributed by atoms with Crippen molar-refractivity contribution >= 4 is 11.3 Å². The van der Waals surface area contributed by atoms with Crippen LogP contribution in [0.1, 0.15) is 40.6 Å². The summed E-state index contributed by atoms with van der Waals surface area (Å²) in [5.41, 5.74) is 3.85. The summed E-state index contributed by atoms with van der Waals surface area (Å²) >= 11 is 1.85. The molecule has 1 saturated carbocycles. The second-order valence-corrected chi connectivity index (χ2v) is 7.90. The third-order valence-electron chi connectivity index (χ3n) is 4.92. The second-order valence-electron chi connectivity index (χ2n) is 6.90. The number of thiophene rings is 1. The summed E-state index contributed by atoms with van der Waals surface area (Å²) in [4.78, 5) is 3.94. The monoisotopic (exact) mass is 332 g/mol. The molecule has 124 valence electrons. The molecular formula is C17H24N4OS. The molecule has 0 spiro atoms. The molecule has 1 fully saturated rings. The summed E-state index contributed by atoms with van der Waals surface area (Å²) in [5.74, 6) is 1.19. The Labute approximate surface area is 141 Å². The average Bonchev–Trinajstić information content (AvgIpc) is 3.13. The quantitative estimate of drug-likeness (QED) is 0.816. The van der Waals surface area contributed by atoms with Crippen LogP contribution < -0.4 is 0 Å². The van der Waals surface area contributed by atoms with Gasteiger partial charge in [0.15, 0.2) is 0 Å². The zero-order valence-corrected chi connectivity index (χ0v) is 14.7. The first kappa shape index (κ1) is 15.3. The maximum Gasteiger partial charge on any atom is 0.100 e. The lowest BCUT2D eigenvalue weighted by Crippen LogP contribution is -2.36. The van der Waals surface area contributed by atoms with Crippen molar-refractivity contribution < 1.29 is 4.74 Å². The lowest BCUT2D eigenvalue weighted by molar-refractivity contribution is 0.131. The van der Waals surface area contributed by atoms with E-state index in [2.05, 4.69) is 38.3 Å². The van der Waals surface area contributed by atoms with E-state index < -0.39 is 0 Å². The minimum Gasteiger partial charge on any atom is -0.384 e. The number of nitrogens with zero attached hydrogens (tertiary/aromatic N) is 4. The van der Waals surface area contributed by atoms with Gasteiger partial charge in [-0.2, -0.15) is 0 Å². The van der Waals surface area contributed by atoms with E-state index in [0.717, 1.165) is 44.4 Å². The Balaban J connectivity index is 1.55. The van der Waals surface area contributed by atoms with E-state index in [1.165, 1.54) is 29.0 Å². The molecular weight excluding hydrogens is 308 g/mol. The third-order valence-corrected chi connectivity index (χ3v) is 5.92. The normalized spacial score (nSPS) is 21.6. The fourth-order valence-electron chi connectivity index (χ4n) is 3.49. The molecule has 0 bridgehead atoms. The van der Waals surface area contributed by atoms with Gasteiger partial charge >= 0.3 is 0 Å². The Morgan fingerprint density at radius 1 is 1.39 bits per heavy atom. The van der Waals surface area contributed by atoms with Gasteiger partial charge in [0.05, 0.1) is 12.3 Å². The molecule has 1 atom stereocenters. The zero-order valence-electron chi connectivity index (χ0n) is 13.9. The highest BCUT2D eigenvalue weighted by molar-refractivity contribution is 7.10. The Kier molecular flexibility index (Phi) is 4.22. The van der Waals surface area contributed by atoms with Crippen LogP contribution in [0.15, 0.2) is 11.4 Å². The van der Waals surface area contributed by atoms with Crippen molar-refractivity contribution in [1.82, 2.24) is 19.9 Å². The first-order valence-electron chi connectivity index (χ1n) is 8.41. The van der Waals surface area contributed by atoms with E-state index in [-0.39, 0.29) is 0 Å². The van der Waals surface area contributed by atoms with Crippen molar-refractivity contribution in [3.05, 3.63) is 33.3 Å². The van der Waals surface area contributed by atoms with Crippen molar-refractivity contribution in [1.29, 1.82) is 0 Å². The highest BCUT2D eigenvalue weighted by Crippen LogP contribution is 2.34. The van der Waals surface area contributed by atoms with Gasteiger partial charge in [0.25, 0.3) is 0 Å². The number of methoxy groups -OCH3 is 1. The van der Waals surface area contributed by atoms with Gasteiger partial charge < -0.3 is 4.74 Å². The third kappa shape index (κ3) is 3.20. The molecule has 1 aliphatic heterocycles. The smallest absolute Gasteiger partial charge is 0.100 e. The molecule has 0 N–H and O–H groups in total. The molecule has 4 rings (SSSR count). The van der Waals surface area contributed by atoms with Crippen LogP contribution in [0.25, 0.3) is 0 Å². The molecule has 3 heterocycles. The van der Waals surface area contributed by atoms with Crippen LogP contribution in [0.3, 0.4) is 0 Å². The fraction of sp³-hybridized carbons (Fsp3) is 0.647. The highest BCUT2D eigenvalue weighted by Gasteiger charge is 2.33. The lowest BCUT2D eigenvalue weighted by Gasteiger charge is -2.32. The van der Waals surface area contributed by atoms with Crippen molar-refractivity contribution in [3.8, 4) is 0 Å². The Morgan fingerprint density at radius 2 is 2.26 bits per heavy atom. The number of hydrogen-bond acceptors (Lipinski definition) is 5. The molecule has 2 aromatic rings. The average molecular weight is 332 g/mol. The number of hydrogen-bond donors (Lipinski definition) is 0. The maximum atomic E-state index is 5.50. The van der Waals surface area contributed by atoms with Gasteiger partial charge in [-0.15, -0.1) is 16.4 Å².